The highest BCUT2D eigenvalue weighted by atomic mass is 16.5. The van der Waals surface area contributed by atoms with Crippen LogP contribution in [0, 0.1) is 11.3 Å². The van der Waals surface area contributed by atoms with Crippen LogP contribution in [0.3, 0.4) is 0 Å². The maximum Gasteiger partial charge on any atom is 0.0991 e. The largest absolute Gasteiger partial charge is 0.504 e. The van der Waals surface area contributed by atoms with Gasteiger partial charge in [0.25, 0.3) is 0 Å². The molecular weight excluding hydrogens is 248 g/mol. The normalized spacial score (nSPS) is 18.8. The lowest BCUT2D eigenvalue weighted by Crippen LogP contribution is -2.06. The molecule has 0 aliphatic heterocycles. The SMILES string of the molecule is COC=C1CCC(c2c[nH]c3ccc(C#N)cc23)CC1. The zero-order chi connectivity index (χ0) is 13.9. The van der Waals surface area contributed by atoms with Crippen molar-refractivity contribution in [1.29, 1.82) is 5.26 Å². The van der Waals surface area contributed by atoms with Gasteiger partial charge < -0.3 is 9.72 Å². The van der Waals surface area contributed by atoms with Gasteiger partial charge in [0.05, 0.1) is 25.0 Å². The minimum atomic E-state index is 0.576. The van der Waals surface area contributed by atoms with Crippen molar-refractivity contribution in [3.63, 3.8) is 0 Å². The number of nitrogens with zero attached hydrogens (tertiary/aromatic N) is 1. The van der Waals surface area contributed by atoms with Crippen molar-refractivity contribution in [2.45, 2.75) is 31.6 Å². The number of rotatable bonds is 2. The predicted molar refractivity (Wildman–Crippen MR) is 79.3 cm³/mol. The van der Waals surface area contributed by atoms with Gasteiger partial charge in [0, 0.05) is 17.1 Å². The molecule has 1 fully saturated rings. The predicted octanol–water partition coefficient (Wildman–Crippen LogP) is 4.23. The van der Waals surface area contributed by atoms with E-state index in [1.165, 1.54) is 16.5 Å². The van der Waals surface area contributed by atoms with Gasteiger partial charge in [-0.2, -0.15) is 5.26 Å². The Hall–Kier alpha value is -2.21. The number of nitrogens with one attached hydrogen (secondary N) is 1. The molecule has 3 heteroatoms. The van der Waals surface area contributed by atoms with Crippen LogP contribution < -0.4 is 0 Å². The summed E-state index contributed by atoms with van der Waals surface area (Å²) >= 11 is 0. The van der Waals surface area contributed by atoms with Gasteiger partial charge in [-0.15, -0.1) is 0 Å². The number of benzene rings is 1. The van der Waals surface area contributed by atoms with Crippen LogP contribution in [0.15, 0.2) is 36.2 Å². The average Bonchev–Trinajstić information content (AvgIpc) is 2.91. The summed E-state index contributed by atoms with van der Waals surface area (Å²) in [6.07, 6.45) is 8.50. The third-order valence-electron chi connectivity index (χ3n) is 4.20. The second-order valence-electron chi connectivity index (χ2n) is 5.40. The Kier molecular flexibility index (Phi) is 3.47. The van der Waals surface area contributed by atoms with E-state index in [9.17, 15) is 0 Å². The van der Waals surface area contributed by atoms with Crippen molar-refractivity contribution in [1.82, 2.24) is 4.98 Å². The number of fused-ring (bicyclic) bond motifs is 1. The number of nitriles is 1. The summed E-state index contributed by atoms with van der Waals surface area (Å²) in [5.74, 6) is 0.576. The lowest BCUT2D eigenvalue weighted by molar-refractivity contribution is 0.326. The quantitative estimate of drug-likeness (QED) is 0.827. The molecule has 1 aliphatic rings. The van der Waals surface area contributed by atoms with Gasteiger partial charge in [-0.3, -0.25) is 0 Å². The van der Waals surface area contributed by atoms with Crippen molar-refractivity contribution in [2.75, 3.05) is 7.11 Å². The second kappa shape index (κ2) is 5.42. The van der Waals surface area contributed by atoms with Gasteiger partial charge in [-0.05, 0) is 60.9 Å². The first-order valence-electron chi connectivity index (χ1n) is 7.03. The number of ether oxygens (including phenoxy) is 1. The molecule has 1 aromatic carbocycles. The maximum absolute atomic E-state index is 9.05. The fourth-order valence-corrected chi connectivity index (χ4v) is 3.13. The molecule has 0 atom stereocenters. The highest BCUT2D eigenvalue weighted by molar-refractivity contribution is 5.85. The van der Waals surface area contributed by atoms with E-state index in [0.29, 0.717) is 5.92 Å². The Morgan fingerprint density at radius 3 is 2.85 bits per heavy atom. The molecule has 0 radical (unpaired) electrons. The van der Waals surface area contributed by atoms with Gasteiger partial charge in [0.15, 0.2) is 0 Å². The van der Waals surface area contributed by atoms with Crippen LogP contribution in [0.4, 0.5) is 0 Å². The molecule has 20 heavy (non-hydrogen) atoms. The number of methoxy groups -OCH3 is 1. The molecule has 0 bridgehead atoms. The lowest BCUT2D eigenvalue weighted by Gasteiger charge is -2.23. The molecule has 1 aromatic heterocycles. The fraction of sp³-hybridized carbons (Fsp3) is 0.353. The summed E-state index contributed by atoms with van der Waals surface area (Å²) in [7, 11) is 1.71. The van der Waals surface area contributed by atoms with E-state index in [1.54, 1.807) is 7.11 Å². The molecule has 102 valence electrons. The summed E-state index contributed by atoms with van der Waals surface area (Å²) < 4.78 is 5.10. The van der Waals surface area contributed by atoms with Crippen LogP contribution in [-0.4, -0.2) is 12.1 Å². The van der Waals surface area contributed by atoms with Crippen LogP contribution in [0.25, 0.3) is 10.9 Å². The van der Waals surface area contributed by atoms with Crippen LogP contribution in [0.2, 0.25) is 0 Å². The third kappa shape index (κ3) is 2.30. The molecule has 0 spiro atoms. The maximum atomic E-state index is 9.05. The summed E-state index contributed by atoms with van der Waals surface area (Å²) in [5, 5.41) is 10.3. The van der Waals surface area contributed by atoms with Crippen molar-refractivity contribution < 1.29 is 4.74 Å². The minimum absolute atomic E-state index is 0.576. The number of H-pyrrole nitrogens is 1. The first kappa shape index (κ1) is 12.8. The molecule has 3 nitrogen and oxygen atoms in total. The minimum Gasteiger partial charge on any atom is -0.504 e. The Balaban J connectivity index is 1.88. The molecule has 3 rings (SSSR count). The number of aromatic nitrogens is 1. The summed E-state index contributed by atoms with van der Waals surface area (Å²) in [5.41, 5.74) is 4.61. The van der Waals surface area contributed by atoms with E-state index in [1.807, 2.05) is 24.5 Å². The number of allylic oxidation sites excluding steroid dienone is 1. The molecule has 0 amide bonds. The molecule has 0 unspecified atom stereocenters. The zero-order valence-electron chi connectivity index (χ0n) is 11.6. The average molecular weight is 266 g/mol. The van der Waals surface area contributed by atoms with Crippen molar-refractivity contribution in [3.05, 3.63) is 47.4 Å². The molecule has 1 aliphatic carbocycles. The first-order chi connectivity index (χ1) is 9.81. The van der Waals surface area contributed by atoms with E-state index in [0.717, 1.165) is 36.8 Å². The highest BCUT2D eigenvalue weighted by Gasteiger charge is 2.21. The molecule has 1 heterocycles. The van der Waals surface area contributed by atoms with Gasteiger partial charge in [-0.25, -0.2) is 0 Å². The van der Waals surface area contributed by atoms with E-state index >= 15 is 0 Å². The van der Waals surface area contributed by atoms with Gasteiger partial charge >= 0.3 is 0 Å². The first-order valence-corrected chi connectivity index (χ1v) is 7.03. The number of hydrogen-bond acceptors (Lipinski definition) is 2. The fourth-order valence-electron chi connectivity index (χ4n) is 3.13. The monoisotopic (exact) mass is 266 g/mol. The van der Waals surface area contributed by atoms with Gasteiger partial charge in [0.2, 0.25) is 0 Å². The molecule has 0 saturated heterocycles. The molecular formula is C17H18N2O. The smallest absolute Gasteiger partial charge is 0.0991 e. The van der Waals surface area contributed by atoms with Crippen molar-refractivity contribution in [3.8, 4) is 6.07 Å². The molecule has 2 aromatic rings. The van der Waals surface area contributed by atoms with Crippen LogP contribution in [0.5, 0.6) is 0 Å². The van der Waals surface area contributed by atoms with Crippen LogP contribution >= 0.6 is 0 Å². The third-order valence-corrected chi connectivity index (χ3v) is 4.20. The highest BCUT2D eigenvalue weighted by Crippen LogP contribution is 2.38. The van der Waals surface area contributed by atoms with Crippen molar-refractivity contribution in [2.24, 2.45) is 0 Å². The van der Waals surface area contributed by atoms with Crippen LogP contribution in [-0.2, 0) is 4.74 Å². The Labute approximate surface area is 118 Å². The number of aromatic amines is 1. The standard InChI is InChI=1S/C17H18N2O/c1-20-11-12-2-5-14(6-3-12)16-10-19-17-7-4-13(9-18)8-15(16)17/h4,7-8,10-11,14,19H,2-3,5-6H2,1H3. The topological polar surface area (TPSA) is 48.8 Å². The molecule has 1 saturated carbocycles. The molecule has 1 N–H and O–H groups in total. The zero-order valence-corrected chi connectivity index (χ0v) is 11.6. The van der Waals surface area contributed by atoms with Crippen molar-refractivity contribution >= 4 is 10.9 Å². The summed E-state index contributed by atoms with van der Waals surface area (Å²) in [4.78, 5) is 3.32. The summed E-state index contributed by atoms with van der Waals surface area (Å²) in [6.45, 7) is 0. The van der Waals surface area contributed by atoms with Crippen LogP contribution in [0.1, 0.15) is 42.7 Å². The van der Waals surface area contributed by atoms with E-state index in [2.05, 4.69) is 17.3 Å². The Morgan fingerprint density at radius 2 is 2.15 bits per heavy atom. The van der Waals surface area contributed by atoms with E-state index in [4.69, 9.17) is 10.00 Å². The second-order valence-corrected chi connectivity index (χ2v) is 5.40. The van der Waals surface area contributed by atoms with E-state index in [-0.39, 0.29) is 0 Å². The summed E-state index contributed by atoms with van der Waals surface area (Å²) in [6, 6.07) is 8.09. The number of hydrogen-bond donors (Lipinski definition) is 1. The Morgan fingerprint density at radius 1 is 1.35 bits per heavy atom. The lowest BCUT2D eigenvalue weighted by atomic mass is 9.82. The van der Waals surface area contributed by atoms with Gasteiger partial charge in [0.1, 0.15) is 0 Å². The van der Waals surface area contributed by atoms with Gasteiger partial charge in [-0.1, -0.05) is 0 Å². The van der Waals surface area contributed by atoms with E-state index < -0.39 is 0 Å². The Bertz CT molecular complexity index is 681.